The molecule has 0 amide bonds. The normalized spacial score (nSPS) is 18.8. The van der Waals surface area contributed by atoms with Crippen LogP contribution in [0.3, 0.4) is 0 Å². The summed E-state index contributed by atoms with van der Waals surface area (Å²) in [5, 5.41) is 46.2. The minimum absolute atomic E-state index is 0.0430. The van der Waals surface area contributed by atoms with Crippen LogP contribution in [0.4, 0.5) is 0 Å². The van der Waals surface area contributed by atoms with Crippen molar-refractivity contribution in [1.82, 2.24) is 0 Å². The van der Waals surface area contributed by atoms with Crippen LogP contribution in [0.1, 0.15) is 19.3 Å². The van der Waals surface area contributed by atoms with Gasteiger partial charge in [0.05, 0.1) is 13.2 Å². The molecule has 0 fully saturated rings. The van der Waals surface area contributed by atoms with E-state index in [1.807, 2.05) is 0 Å². The van der Waals surface area contributed by atoms with Gasteiger partial charge in [0.25, 0.3) is 10.2 Å². The van der Waals surface area contributed by atoms with Crippen LogP contribution in [-0.2, 0) is 23.9 Å². The lowest BCUT2D eigenvalue weighted by atomic mass is 10.1. The fourth-order valence-corrected chi connectivity index (χ4v) is 2.05. The molecule has 14 nitrogen and oxygen atoms in total. The van der Waals surface area contributed by atoms with Gasteiger partial charge in [-0.05, 0) is 19.3 Å². The molecule has 0 aromatic heterocycles. The number of ether oxygens (including phenoxy) is 2. The fourth-order valence-electron chi connectivity index (χ4n) is 2.05. The SMILES string of the molecule is O=C1O[C@H](C(O)CO)C(OCCCCC(CO[N+](=O)[O-])O[N+](=O)[O-])=C1O. The van der Waals surface area contributed by atoms with E-state index in [2.05, 4.69) is 14.4 Å². The summed E-state index contributed by atoms with van der Waals surface area (Å²) in [6.45, 7) is -1.41. The second-order valence-corrected chi connectivity index (χ2v) is 5.10. The van der Waals surface area contributed by atoms with Crippen molar-refractivity contribution >= 4 is 5.97 Å². The first-order valence-electron chi connectivity index (χ1n) is 7.40. The van der Waals surface area contributed by atoms with Gasteiger partial charge in [-0.3, -0.25) is 0 Å². The number of aliphatic hydroxyl groups is 3. The van der Waals surface area contributed by atoms with Crippen molar-refractivity contribution in [3.63, 3.8) is 0 Å². The highest BCUT2D eigenvalue weighted by Gasteiger charge is 2.40. The zero-order chi connectivity index (χ0) is 19.7. The topological polar surface area (TPSA) is 201 Å². The first-order valence-corrected chi connectivity index (χ1v) is 7.40. The first kappa shape index (κ1) is 21.2. The molecule has 14 heteroatoms. The Balaban J connectivity index is 2.42. The number of rotatable bonds is 13. The van der Waals surface area contributed by atoms with Crippen molar-refractivity contribution < 1.29 is 49.4 Å². The highest BCUT2D eigenvalue weighted by molar-refractivity contribution is 5.89. The molecule has 3 atom stereocenters. The van der Waals surface area contributed by atoms with Gasteiger partial charge in [-0.25, -0.2) is 4.79 Å². The van der Waals surface area contributed by atoms with E-state index in [9.17, 15) is 35.2 Å². The highest BCUT2D eigenvalue weighted by atomic mass is 17.0. The lowest BCUT2D eigenvalue weighted by Gasteiger charge is -2.18. The first-order chi connectivity index (χ1) is 12.3. The molecule has 0 saturated heterocycles. The van der Waals surface area contributed by atoms with Crippen molar-refractivity contribution in [3.8, 4) is 0 Å². The fraction of sp³-hybridized carbons (Fsp3) is 0.750. The monoisotopic (exact) mass is 382 g/mol. The standard InChI is InChI=1S/C12H18N2O12/c15-5-8(16)10-11(9(17)12(18)25-10)23-4-2-1-3-7(26-14(21)22)6-24-13(19)20/h7-8,10,15-17H,1-6H2/t7?,8?,10-/m1/s1. The van der Waals surface area contributed by atoms with E-state index < -0.39 is 53.4 Å². The third-order valence-corrected chi connectivity index (χ3v) is 3.23. The summed E-state index contributed by atoms with van der Waals surface area (Å²) in [5.74, 6) is -2.25. The molecule has 1 aliphatic heterocycles. The van der Waals surface area contributed by atoms with Gasteiger partial charge in [0.1, 0.15) is 18.8 Å². The number of hydrogen-bond acceptors (Lipinski definition) is 12. The summed E-state index contributed by atoms with van der Waals surface area (Å²) in [4.78, 5) is 40.0. The largest absolute Gasteiger partial charge is 0.499 e. The molecule has 0 aromatic carbocycles. The number of hydrogen-bond donors (Lipinski definition) is 3. The molecule has 1 aliphatic rings. The Bertz CT molecular complexity index is 550. The number of cyclic esters (lactones) is 1. The molecule has 3 N–H and O–H groups in total. The summed E-state index contributed by atoms with van der Waals surface area (Å²) >= 11 is 0. The van der Waals surface area contributed by atoms with Crippen LogP contribution < -0.4 is 0 Å². The van der Waals surface area contributed by atoms with E-state index in [0.717, 1.165) is 0 Å². The smallest absolute Gasteiger partial charge is 0.378 e. The maximum atomic E-state index is 11.3. The second-order valence-electron chi connectivity index (χ2n) is 5.10. The van der Waals surface area contributed by atoms with Crippen LogP contribution >= 0.6 is 0 Å². The van der Waals surface area contributed by atoms with Gasteiger partial charge in [-0.15, -0.1) is 20.2 Å². The zero-order valence-corrected chi connectivity index (χ0v) is 13.4. The number of esters is 1. The van der Waals surface area contributed by atoms with Gasteiger partial charge >= 0.3 is 5.97 Å². The average molecular weight is 382 g/mol. The Kier molecular flexibility index (Phi) is 8.30. The summed E-state index contributed by atoms with van der Waals surface area (Å²) in [7, 11) is 0. The van der Waals surface area contributed by atoms with Crippen molar-refractivity contribution in [1.29, 1.82) is 0 Å². The molecule has 0 spiro atoms. The van der Waals surface area contributed by atoms with Gasteiger partial charge in [0.2, 0.25) is 5.76 Å². The third-order valence-electron chi connectivity index (χ3n) is 3.23. The van der Waals surface area contributed by atoms with Crippen LogP contribution in [-0.4, -0.2) is 69.6 Å². The third kappa shape index (κ3) is 6.56. The van der Waals surface area contributed by atoms with Crippen molar-refractivity contribution in [3.05, 3.63) is 31.7 Å². The van der Waals surface area contributed by atoms with E-state index >= 15 is 0 Å². The van der Waals surface area contributed by atoms with E-state index in [-0.39, 0.29) is 31.6 Å². The summed E-state index contributed by atoms with van der Waals surface area (Å²) in [6.07, 6.45) is -3.38. The molecule has 26 heavy (non-hydrogen) atoms. The minimum atomic E-state index is -1.48. The molecule has 0 radical (unpaired) electrons. The molecule has 0 aliphatic carbocycles. The predicted octanol–water partition coefficient (Wildman–Crippen LogP) is -0.993. The molecular formula is C12H18N2O12. The summed E-state index contributed by atoms with van der Waals surface area (Å²) in [6, 6.07) is 0. The quantitative estimate of drug-likeness (QED) is 0.152. The lowest BCUT2D eigenvalue weighted by molar-refractivity contribution is -0.790. The van der Waals surface area contributed by atoms with Crippen LogP contribution in [0.5, 0.6) is 0 Å². The number of unbranched alkanes of at least 4 members (excludes halogenated alkanes) is 1. The highest BCUT2D eigenvalue weighted by Crippen LogP contribution is 2.25. The number of nitrogens with zero attached hydrogens (tertiary/aromatic N) is 2. The summed E-state index contributed by atoms with van der Waals surface area (Å²) < 4.78 is 9.84. The predicted molar refractivity (Wildman–Crippen MR) is 77.2 cm³/mol. The van der Waals surface area contributed by atoms with Crippen LogP contribution in [0.2, 0.25) is 0 Å². The molecule has 2 unspecified atom stereocenters. The Morgan fingerprint density at radius 1 is 1.23 bits per heavy atom. The van der Waals surface area contributed by atoms with Gasteiger partial charge in [0, 0.05) is 0 Å². The molecule has 0 saturated carbocycles. The Morgan fingerprint density at radius 3 is 2.50 bits per heavy atom. The Labute approximate surface area is 145 Å². The van der Waals surface area contributed by atoms with E-state index in [1.54, 1.807) is 0 Å². The number of aliphatic hydroxyl groups excluding tert-OH is 3. The number of carbonyl (C=O) groups excluding carboxylic acids is 1. The van der Waals surface area contributed by atoms with Crippen molar-refractivity contribution in [2.45, 2.75) is 37.6 Å². The molecule has 0 bridgehead atoms. The van der Waals surface area contributed by atoms with Crippen molar-refractivity contribution in [2.75, 3.05) is 19.8 Å². The molecule has 1 rings (SSSR count). The Hall–Kier alpha value is -2.87. The number of carbonyl (C=O) groups is 1. The van der Waals surface area contributed by atoms with Gasteiger partial charge in [-0.2, -0.15) is 0 Å². The lowest BCUT2D eigenvalue weighted by Crippen LogP contribution is -2.32. The molecule has 148 valence electrons. The molecular weight excluding hydrogens is 364 g/mol. The van der Waals surface area contributed by atoms with E-state index in [1.165, 1.54) is 0 Å². The second kappa shape index (κ2) is 10.2. The van der Waals surface area contributed by atoms with Crippen LogP contribution in [0.15, 0.2) is 11.5 Å². The van der Waals surface area contributed by atoms with E-state index in [0.29, 0.717) is 0 Å². The van der Waals surface area contributed by atoms with Crippen LogP contribution in [0.25, 0.3) is 0 Å². The van der Waals surface area contributed by atoms with Gasteiger partial charge < -0.3 is 34.5 Å². The van der Waals surface area contributed by atoms with Gasteiger partial charge in [0.15, 0.2) is 11.9 Å². The minimum Gasteiger partial charge on any atom is -0.499 e. The average Bonchev–Trinajstić information content (AvgIpc) is 2.86. The zero-order valence-electron chi connectivity index (χ0n) is 13.4. The Morgan fingerprint density at radius 2 is 1.92 bits per heavy atom. The molecule has 0 aromatic rings. The van der Waals surface area contributed by atoms with Crippen molar-refractivity contribution in [2.24, 2.45) is 0 Å². The maximum absolute atomic E-state index is 11.3. The summed E-state index contributed by atoms with van der Waals surface area (Å²) in [5.41, 5.74) is 0. The van der Waals surface area contributed by atoms with Crippen LogP contribution in [0, 0.1) is 20.2 Å². The van der Waals surface area contributed by atoms with E-state index in [4.69, 9.17) is 9.84 Å². The molecule has 1 heterocycles. The maximum Gasteiger partial charge on any atom is 0.378 e. The van der Waals surface area contributed by atoms with Gasteiger partial charge in [-0.1, -0.05) is 0 Å².